The second kappa shape index (κ2) is 11.6. The van der Waals surface area contributed by atoms with Crippen molar-refractivity contribution in [3.63, 3.8) is 0 Å². The number of hydrogen-bond acceptors (Lipinski definition) is 8. The van der Waals surface area contributed by atoms with E-state index in [-0.39, 0.29) is 47.1 Å². The molecule has 0 radical (unpaired) electrons. The third-order valence-electron chi connectivity index (χ3n) is 7.53. The van der Waals surface area contributed by atoms with Crippen LogP contribution in [0.1, 0.15) is 33.2 Å². The number of nitrogens with two attached hydrogens (primary N) is 1. The van der Waals surface area contributed by atoms with Gasteiger partial charge in [0.15, 0.2) is 11.3 Å². The highest BCUT2D eigenvalue weighted by molar-refractivity contribution is 7.89. The van der Waals surface area contributed by atoms with Crippen LogP contribution >= 0.6 is 0 Å². The molecule has 1 saturated heterocycles. The third kappa shape index (κ3) is 5.93. The minimum absolute atomic E-state index is 0.0642. The fourth-order valence-corrected chi connectivity index (χ4v) is 5.89. The molecule has 228 valence electrons. The maximum Gasteiger partial charge on any atom is 0.433 e. The van der Waals surface area contributed by atoms with Crippen LogP contribution in [0.4, 0.5) is 13.2 Å². The van der Waals surface area contributed by atoms with E-state index in [2.05, 4.69) is 10.1 Å². The van der Waals surface area contributed by atoms with Crippen LogP contribution in [0.3, 0.4) is 0 Å². The van der Waals surface area contributed by atoms with Gasteiger partial charge in [0, 0.05) is 37.3 Å². The average molecular weight is 619 g/mol. The molecular weight excluding hydrogens is 589 g/mol. The molecule has 0 aliphatic carbocycles. The first-order chi connectivity index (χ1) is 20.3. The highest BCUT2D eigenvalue weighted by atomic mass is 32.2. The van der Waals surface area contributed by atoms with Crippen molar-refractivity contribution in [2.24, 2.45) is 5.14 Å². The highest BCUT2D eigenvalue weighted by Crippen LogP contribution is 2.37. The first-order valence-electron chi connectivity index (χ1n) is 13.2. The summed E-state index contributed by atoms with van der Waals surface area (Å²) < 4.78 is 72.2. The number of carbonyl (C=O) groups excluding carboxylic acids is 1. The van der Waals surface area contributed by atoms with Crippen LogP contribution in [0, 0.1) is 6.92 Å². The van der Waals surface area contributed by atoms with E-state index in [4.69, 9.17) is 9.88 Å². The van der Waals surface area contributed by atoms with Gasteiger partial charge < -0.3 is 14.7 Å². The number of alkyl halides is 3. The predicted octanol–water partition coefficient (Wildman–Crippen LogP) is 2.87. The van der Waals surface area contributed by atoms with Crippen molar-refractivity contribution in [3.05, 3.63) is 77.1 Å². The smallest absolute Gasteiger partial charge is 0.433 e. The third-order valence-corrected chi connectivity index (χ3v) is 8.44. The molecule has 0 unspecified atom stereocenters. The molecule has 1 fully saturated rings. The van der Waals surface area contributed by atoms with Crippen LogP contribution in [0.15, 0.2) is 59.6 Å². The summed E-state index contributed by atoms with van der Waals surface area (Å²) >= 11 is 0. The Morgan fingerprint density at radius 1 is 1.12 bits per heavy atom. The number of piperazine rings is 1. The SMILES string of the molecule is COc1ccc(-c2nc3c(C(=O)N4CCN([C@H](CO)c5cccc(S(N)(=O)=O)c5)CC4)cnn3c(C(F)(F)F)c2C)cc1. The Balaban J connectivity index is 1.43. The molecule has 3 heterocycles. The van der Waals surface area contributed by atoms with Crippen LogP contribution < -0.4 is 9.88 Å². The monoisotopic (exact) mass is 618 g/mol. The molecule has 0 bridgehead atoms. The Morgan fingerprint density at radius 3 is 2.37 bits per heavy atom. The van der Waals surface area contributed by atoms with Gasteiger partial charge in [-0.25, -0.2) is 23.1 Å². The summed E-state index contributed by atoms with van der Waals surface area (Å²) in [5.74, 6) is -0.00461. The second-order valence-corrected chi connectivity index (χ2v) is 11.7. The topological polar surface area (TPSA) is 143 Å². The Bertz CT molecular complexity index is 1770. The van der Waals surface area contributed by atoms with Crippen molar-refractivity contribution >= 4 is 21.6 Å². The van der Waals surface area contributed by atoms with Gasteiger partial charge in [-0.3, -0.25) is 9.69 Å². The quantitative estimate of drug-likeness (QED) is 0.322. The van der Waals surface area contributed by atoms with Gasteiger partial charge in [0.2, 0.25) is 10.0 Å². The average Bonchev–Trinajstić information content (AvgIpc) is 3.39. The number of carbonyl (C=O) groups is 1. The van der Waals surface area contributed by atoms with E-state index in [1.165, 1.54) is 37.1 Å². The summed E-state index contributed by atoms with van der Waals surface area (Å²) in [5.41, 5.74) is -0.434. The fourth-order valence-electron chi connectivity index (χ4n) is 5.32. The molecule has 0 spiro atoms. The van der Waals surface area contributed by atoms with E-state index < -0.39 is 33.8 Å². The second-order valence-electron chi connectivity index (χ2n) is 10.1. The number of aromatic nitrogens is 3. The lowest BCUT2D eigenvalue weighted by molar-refractivity contribution is -0.143. The molecule has 43 heavy (non-hydrogen) atoms. The van der Waals surface area contributed by atoms with Crippen LogP contribution in [-0.4, -0.2) is 83.7 Å². The number of nitrogens with zero attached hydrogens (tertiary/aromatic N) is 5. The summed E-state index contributed by atoms with van der Waals surface area (Å²) in [6.07, 6.45) is -3.68. The fraction of sp³-hybridized carbons (Fsp3) is 0.321. The zero-order chi connectivity index (χ0) is 31.1. The first kappa shape index (κ1) is 30.4. The van der Waals surface area contributed by atoms with Crippen LogP contribution in [0.2, 0.25) is 0 Å². The molecule has 3 N–H and O–H groups in total. The highest BCUT2D eigenvalue weighted by Gasteiger charge is 2.39. The van der Waals surface area contributed by atoms with Gasteiger partial charge in [-0.05, 0) is 48.9 Å². The number of amides is 1. The zero-order valence-corrected chi connectivity index (χ0v) is 24.1. The number of hydrogen-bond donors (Lipinski definition) is 2. The number of methoxy groups -OCH3 is 1. The summed E-state index contributed by atoms with van der Waals surface area (Å²) in [6, 6.07) is 11.8. The molecule has 1 aliphatic heterocycles. The molecule has 11 nitrogen and oxygen atoms in total. The minimum Gasteiger partial charge on any atom is -0.497 e. The van der Waals surface area contributed by atoms with Crippen molar-refractivity contribution in [2.45, 2.75) is 24.0 Å². The van der Waals surface area contributed by atoms with Crippen molar-refractivity contribution < 1.29 is 36.2 Å². The number of primary sulfonamides is 1. The van der Waals surface area contributed by atoms with Gasteiger partial charge in [-0.2, -0.15) is 18.3 Å². The van der Waals surface area contributed by atoms with Crippen molar-refractivity contribution in [2.75, 3.05) is 39.9 Å². The molecule has 1 amide bonds. The number of aliphatic hydroxyl groups excluding tert-OH is 1. The molecule has 2 aromatic carbocycles. The summed E-state index contributed by atoms with van der Waals surface area (Å²) in [6.45, 7) is 2.03. The van der Waals surface area contributed by atoms with Crippen LogP contribution in [0.25, 0.3) is 16.9 Å². The lowest BCUT2D eigenvalue weighted by atomic mass is 10.0. The Kier molecular flexibility index (Phi) is 8.17. The molecule has 2 aromatic heterocycles. The van der Waals surface area contributed by atoms with Crippen molar-refractivity contribution in [3.8, 4) is 17.0 Å². The van der Waals surface area contributed by atoms with Crippen molar-refractivity contribution in [1.29, 1.82) is 0 Å². The molecule has 0 saturated carbocycles. The van der Waals surface area contributed by atoms with E-state index >= 15 is 0 Å². The van der Waals surface area contributed by atoms with Crippen LogP contribution in [0.5, 0.6) is 5.75 Å². The van der Waals surface area contributed by atoms with E-state index in [0.29, 0.717) is 34.5 Å². The number of fused-ring (bicyclic) bond motifs is 1. The zero-order valence-electron chi connectivity index (χ0n) is 23.2. The predicted molar refractivity (Wildman–Crippen MR) is 150 cm³/mol. The number of halogens is 3. The number of sulfonamides is 1. The lowest BCUT2D eigenvalue weighted by Crippen LogP contribution is -2.50. The maximum atomic E-state index is 14.3. The molecular formula is C28H29F3N6O5S. The summed E-state index contributed by atoms with van der Waals surface area (Å²) in [5, 5.41) is 19.3. The largest absolute Gasteiger partial charge is 0.497 e. The van der Waals surface area contributed by atoms with E-state index in [9.17, 15) is 31.5 Å². The summed E-state index contributed by atoms with van der Waals surface area (Å²) in [7, 11) is -2.46. The molecule has 1 aliphatic rings. The number of benzene rings is 2. The van der Waals surface area contributed by atoms with Gasteiger partial charge in [-0.15, -0.1) is 0 Å². The number of ether oxygens (including phenoxy) is 1. The molecule has 1 atom stereocenters. The van der Waals surface area contributed by atoms with Gasteiger partial charge in [0.1, 0.15) is 11.3 Å². The van der Waals surface area contributed by atoms with Gasteiger partial charge in [-0.1, -0.05) is 12.1 Å². The van der Waals surface area contributed by atoms with Gasteiger partial charge >= 0.3 is 6.18 Å². The van der Waals surface area contributed by atoms with E-state index in [0.717, 1.165) is 6.20 Å². The molecule has 4 aromatic rings. The standard InChI is InChI=1S/C28H29F3N6O5S/c1-17-24(18-6-8-20(42-2)9-7-18)34-26-22(15-33-37(26)25(17)28(29,30)31)27(39)36-12-10-35(11-13-36)23(16-38)19-4-3-5-21(14-19)43(32,40)41/h3-9,14-15,23,38H,10-13,16H2,1-2H3,(H2,32,40,41)/t23-/m1/s1. The summed E-state index contributed by atoms with van der Waals surface area (Å²) in [4.78, 5) is 21.4. The van der Waals surface area contributed by atoms with E-state index in [1.807, 2.05) is 4.90 Å². The number of aliphatic hydroxyl groups is 1. The Labute approximate surface area is 245 Å². The molecule has 15 heteroatoms. The van der Waals surface area contributed by atoms with Gasteiger partial charge in [0.25, 0.3) is 5.91 Å². The normalized spacial score (nSPS) is 15.6. The molecule has 5 rings (SSSR count). The van der Waals surface area contributed by atoms with Crippen molar-refractivity contribution in [1.82, 2.24) is 24.4 Å². The first-order valence-corrected chi connectivity index (χ1v) is 14.7. The van der Waals surface area contributed by atoms with Crippen LogP contribution in [-0.2, 0) is 16.2 Å². The minimum atomic E-state index is -4.77. The Morgan fingerprint density at radius 2 is 1.79 bits per heavy atom. The van der Waals surface area contributed by atoms with E-state index in [1.54, 1.807) is 30.3 Å². The maximum absolute atomic E-state index is 14.3. The lowest BCUT2D eigenvalue weighted by Gasteiger charge is -2.38. The number of rotatable bonds is 7. The Hall–Kier alpha value is -4.05. The van der Waals surface area contributed by atoms with Gasteiger partial charge in [0.05, 0.1) is 36.5 Å².